The maximum Gasteiger partial charge on any atom is 0.225 e. The highest BCUT2D eigenvalue weighted by molar-refractivity contribution is 5.78. The van der Waals surface area contributed by atoms with Gasteiger partial charge in [0.25, 0.3) is 0 Å². The maximum absolute atomic E-state index is 5.69. The number of ether oxygens (including phenoxy) is 1. The van der Waals surface area contributed by atoms with Crippen LogP contribution in [0.3, 0.4) is 0 Å². The van der Waals surface area contributed by atoms with Gasteiger partial charge >= 0.3 is 0 Å². The lowest BCUT2D eigenvalue weighted by Crippen LogP contribution is -2.38. The summed E-state index contributed by atoms with van der Waals surface area (Å²) < 4.78 is 5.69. The van der Waals surface area contributed by atoms with Crippen LogP contribution < -0.4 is 10.6 Å². The lowest BCUT2D eigenvalue weighted by Gasteiger charge is -2.31. The van der Waals surface area contributed by atoms with Gasteiger partial charge in [-0.3, -0.25) is 0 Å². The first kappa shape index (κ1) is 13.3. The predicted molar refractivity (Wildman–Crippen MR) is 79.8 cm³/mol. The SMILES string of the molecule is NCCOC1CCN(c2ncc3ccccc3n2)CC1. The molecular formula is C15H20N4O. The van der Waals surface area contributed by atoms with Crippen LogP contribution in [0.1, 0.15) is 12.8 Å². The minimum atomic E-state index is 0.329. The maximum atomic E-state index is 5.69. The van der Waals surface area contributed by atoms with Gasteiger partial charge in [-0.2, -0.15) is 0 Å². The highest BCUT2D eigenvalue weighted by Gasteiger charge is 2.21. The first-order chi connectivity index (χ1) is 9.86. The molecule has 1 saturated heterocycles. The lowest BCUT2D eigenvalue weighted by molar-refractivity contribution is 0.0420. The fourth-order valence-electron chi connectivity index (χ4n) is 2.57. The Kier molecular flexibility index (Phi) is 4.08. The minimum absolute atomic E-state index is 0.329. The smallest absolute Gasteiger partial charge is 0.225 e. The van der Waals surface area contributed by atoms with E-state index in [0.29, 0.717) is 19.3 Å². The number of hydrogen-bond donors (Lipinski definition) is 1. The van der Waals surface area contributed by atoms with Gasteiger partial charge in [0, 0.05) is 31.2 Å². The largest absolute Gasteiger partial charge is 0.377 e. The van der Waals surface area contributed by atoms with Crippen LogP contribution in [0, 0.1) is 0 Å². The molecule has 0 aliphatic carbocycles. The van der Waals surface area contributed by atoms with Crippen LogP contribution in [0.4, 0.5) is 5.95 Å². The Labute approximate surface area is 118 Å². The van der Waals surface area contributed by atoms with Crippen LogP contribution in [0.5, 0.6) is 0 Å². The highest BCUT2D eigenvalue weighted by atomic mass is 16.5. The minimum Gasteiger partial charge on any atom is -0.377 e. The number of rotatable bonds is 4. The summed E-state index contributed by atoms with van der Waals surface area (Å²) in [5.74, 6) is 0.820. The van der Waals surface area contributed by atoms with E-state index in [0.717, 1.165) is 42.8 Å². The summed E-state index contributed by atoms with van der Waals surface area (Å²) in [4.78, 5) is 11.3. The Balaban J connectivity index is 1.67. The number of para-hydroxylation sites is 1. The summed E-state index contributed by atoms with van der Waals surface area (Å²) >= 11 is 0. The zero-order chi connectivity index (χ0) is 13.8. The Morgan fingerprint density at radius 2 is 2.05 bits per heavy atom. The number of benzene rings is 1. The second-order valence-electron chi connectivity index (χ2n) is 5.07. The van der Waals surface area contributed by atoms with Gasteiger partial charge in [0.1, 0.15) is 0 Å². The summed E-state index contributed by atoms with van der Waals surface area (Å²) in [5.41, 5.74) is 6.46. The van der Waals surface area contributed by atoms with E-state index in [1.54, 1.807) is 0 Å². The first-order valence-electron chi connectivity index (χ1n) is 7.15. The molecule has 5 heteroatoms. The predicted octanol–water partition coefficient (Wildman–Crippen LogP) is 1.57. The Morgan fingerprint density at radius 3 is 2.85 bits per heavy atom. The van der Waals surface area contributed by atoms with E-state index in [-0.39, 0.29) is 0 Å². The van der Waals surface area contributed by atoms with Gasteiger partial charge in [-0.05, 0) is 18.9 Å². The molecule has 1 aliphatic heterocycles. The van der Waals surface area contributed by atoms with E-state index >= 15 is 0 Å². The van der Waals surface area contributed by atoms with Gasteiger partial charge in [0.2, 0.25) is 5.95 Å². The molecule has 0 unspecified atom stereocenters. The molecule has 0 amide bonds. The summed E-state index contributed by atoms with van der Waals surface area (Å²) in [6.07, 6.45) is 4.25. The number of piperidine rings is 1. The van der Waals surface area contributed by atoms with Gasteiger partial charge in [-0.25, -0.2) is 9.97 Å². The van der Waals surface area contributed by atoms with Crippen LogP contribution in [0.25, 0.3) is 10.9 Å². The average Bonchev–Trinajstić information content (AvgIpc) is 2.53. The number of anilines is 1. The number of nitrogens with two attached hydrogens (primary N) is 1. The number of nitrogens with zero attached hydrogens (tertiary/aromatic N) is 3. The molecule has 1 fully saturated rings. The van der Waals surface area contributed by atoms with E-state index in [1.165, 1.54) is 0 Å². The highest BCUT2D eigenvalue weighted by Crippen LogP contribution is 2.20. The second kappa shape index (κ2) is 6.15. The second-order valence-corrected chi connectivity index (χ2v) is 5.07. The molecule has 0 atom stereocenters. The Bertz CT molecular complexity index is 567. The van der Waals surface area contributed by atoms with E-state index in [4.69, 9.17) is 10.5 Å². The van der Waals surface area contributed by atoms with Crippen molar-refractivity contribution in [2.45, 2.75) is 18.9 Å². The van der Waals surface area contributed by atoms with Crippen molar-refractivity contribution in [2.75, 3.05) is 31.1 Å². The molecule has 20 heavy (non-hydrogen) atoms. The third-order valence-corrected chi connectivity index (χ3v) is 3.67. The van der Waals surface area contributed by atoms with E-state index in [2.05, 4.69) is 14.9 Å². The van der Waals surface area contributed by atoms with Gasteiger partial charge < -0.3 is 15.4 Å². The molecule has 1 aromatic carbocycles. The van der Waals surface area contributed by atoms with Crippen molar-refractivity contribution in [3.05, 3.63) is 30.5 Å². The molecule has 106 valence electrons. The van der Waals surface area contributed by atoms with Crippen molar-refractivity contribution in [1.29, 1.82) is 0 Å². The van der Waals surface area contributed by atoms with Crippen LogP contribution in [-0.4, -0.2) is 42.3 Å². The van der Waals surface area contributed by atoms with Gasteiger partial charge in [0.15, 0.2) is 0 Å². The lowest BCUT2D eigenvalue weighted by atomic mass is 10.1. The normalized spacial score (nSPS) is 16.8. The molecule has 2 heterocycles. The molecule has 0 radical (unpaired) electrons. The summed E-state index contributed by atoms with van der Waals surface area (Å²) in [6.45, 7) is 3.12. The van der Waals surface area contributed by atoms with Crippen molar-refractivity contribution in [3.63, 3.8) is 0 Å². The molecule has 0 spiro atoms. The zero-order valence-electron chi connectivity index (χ0n) is 11.5. The zero-order valence-corrected chi connectivity index (χ0v) is 11.5. The molecule has 1 aromatic heterocycles. The number of hydrogen-bond acceptors (Lipinski definition) is 5. The van der Waals surface area contributed by atoms with Gasteiger partial charge in [0.05, 0.1) is 18.2 Å². The summed E-state index contributed by atoms with van der Waals surface area (Å²) in [6, 6.07) is 8.07. The standard InChI is InChI=1S/C15H20N4O/c16-7-10-20-13-5-8-19(9-6-13)15-17-11-12-3-1-2-4-14(12)18-15/h1-4,11,13H,5-10,16H2. The third kappa shape index (κ3) is 2.89. The van der Waals surface area contributed by atoms with Crippen molar-refractivity contribution >= 4 is 16.9 Å². The van der Waals surface area contributed by atoms with Gasteiger partial charge in [-0.1, -0.05) is 18.2 Å². The molecule has 1 aliphatic rings. The van der Waals surface area contributed by atoms with Crippen molar-refractivity contribution < 1.29 is 4.74 Å². The van der Waals surface area contributed by atoms with Crippen molar-refractivity contribution in [1.82, 2.24) is 9.97 Å². The van der Waals surface area contributed by atoms with E-state index in [1.807, 2.05) is 30.5 Å². The number of fused-ring (bicyclic) bond motifs is 1. The van der Waals surface area contributed by atoms with Crippen LogP contribution in [-0.2, 0) is 4.74 Å². The molecule has 0 saturated carbocycles. The molecule has 3 rings (SSSR count). The topological polar surface area (TPSA) is 64.3 Å². The Hall–Kier alpha value is -1.72. The molecular weight excluding hydrogens is 252 g/mol. The van der Waals surface area contributed by atoms with Crippen molar-refractivity contribution in [3.8, 4) is 0 Å². The Morgan fingerprint density at radius 1 is 1.25 bits per heavy atom. The fourth-order valence-corrected chi connectivity index (χ4v) is 2.57. The van der Waals surface area contributed by atoms with Gasteiger partial charge in [-0.15, -0.1) is 0 Å². The average molecular weight is 272 g/mol. The van der Waals surface area contributed by atoms with E-state index in [9.17, 15) is 0 Å². The molecule has 5 nitrogen and oxygen atoms in total. The van der Waals surface area contributed by atoms with E-state index < -0.39 is 0 Å². The van der Waals surface area contributed by atoms with Crippen LogP contribution >= 0.6 is 0 Å². The van der Waals surface area contributed by atoms with Crippen LogP contribution in [0.15, 0.2) is 30.5 Å². The fraction of sp³-hybridized carbons (Fsp3) is 0.467. The monoisotopic (exact) mass is 272 g/mol. The number of aromatic nitrogens is 2. The molecule has 2 N–H and O–H groups in total. The molecule has 2 aromatic rings. The van der Waals surface area contributed by atoms with Crippen LogP contribution in [0.2, 0.25) is 0 Å². The molecule has 0 bridgehead atoms. The summed E-state index contributed by atoms with van der Waals surface area (Å²) in [5, 5.41) is 1.08. The first-order valence-corrected chi connectivity index (χ1v) is 7.15. The summed E-state index contributed by atoms with van der Waals surface area (Å²) in [7, 11) is 0. The quantitative estimate of drug-likeness (QED) is 0.915. The van der Waals surface area contributed by atoms with Crippen molar-refractivity contribution in [2.24, 2.45) is 5.73 Å². The third-order valence-electron chi connectivity index (χ3n) is 3.67.